The first-order chi connectivity index (χ1) is 11.3. The highest BCUT2D eigenvalue weighted by atomic mass is 32.2. The average molecular weight is 344 g/mol. The molecule has 0 aliphatic carbocycles. The van der Waals surface area contributed by atoms with Crippen LogP contribution in [0.5, 0.6) is 0 Å². The van der Waals surface area contributed by atoms with Crippen molar-refractivity contribution in [2.24, 2.45) is 11.0 Å². The van der Waals surface area contributed by atoms with E-state index in [2.05, 4.69) is 24.4 Å². The molecule has 0 radical (unpaired) electrons. The second kappa shape index (κ2) is 7.62. The lowest BCUT2D eigenvalue weighted by molar-refractivity contribution is 0.596. The van der Waals surface area contributed by atoms with E-state index in [0.29, 0.717) is 10.8 Å². The van der Waals surface area contributed by atoms with E-state index in [-0.39, 0.29) is 4.90 Å². The van der Waals surface area contributed by atoms with Crippen molar-refractivity contribution in [1.82, 2.24) is 0 Å². The van der Waals surface area contributed by atoms with Gasteiger partial charge in [0.25, 0.3) is 0 Å². The molecule has 0 saturated carbocycles. The summed E-state index contributed by atoms with van der Waals surface area (Å²) in [7, 11) is -3.48. The number of nitrogens with zero attached hydrogens (tertiary/aromatic N) is 1. The molecule has 0 spiro atoms. The summed E-state index contributed by atoms with van der Waals surface area (Å²) in [5.74, 6) is 0.415. The Morgan fingerprint density at radius 1 is 1.04 bits per heavy atom. The quantitative estimate of drug-likeness (QED) is 0.612. The molecule has 0 saturated heterocycles. The largest absolute Gasteiger partial charge is 0.279 e. The van der Waals surface area contributed by atoms with E-state index in [0.717, 1.165) is 23.4 Å². The molecule has 2 aromatic rings. The first-order valence-corrected chi connectivity index (χ1v) is 9.55. The molecule has 4 nitrogen and oxygen atoms in total. The smallest absolute Gasteiger partial charge is 0.206 e. The molecule has 128 valence electrons. The Labute approximate surface area is 144 Å². The molecule has 0 unspecified atom stereocenters. The van der Waals surface area contributed by atoms with Crippen LogP contribution in [0.2, 0.25) is 0 Å². The van der Waals surface area contributed by atoms with Crippen molar-refractivity contribution in [3.63, 3.8) is 0 Å². The Bertz CT molecular complexity index is 807. The summed E-state index contributed by atoms with van der Waals surface area (Å²) in [5, 5.41) is 4.34. The Balaban J connectivity index is 2.18. The van der Waals surface area contributed by atoms with Crippen molar-refractivity contribution in [2.75, 3.05) is 5.43 Å². The van der Waals surface area contributed by atoms with Crippen molar-refractivity contribution < 1.29 is 8.42 Å². The molecule has 0 aliphatic rings. The maximum atomic E-state index is 12.6. The van der Waals surface area contributed by atoms with Gasteiger partial charge in [-0.25, -0.2) is 8.42 Å². The van der Waals surface area contributed by atoms with E-state index in [4.69, 9.17) is 0 Å². The topological polar surface area (TPSA) is 58.5 Å². The standard InChI is InChI=1S/C19H24N2O2S/c1-5-15(3)16(4)20-21-17-8-12-19(13-9-17)24(22,23)18-10-6-14(2)7-11-18/h6-13,15,21H,5H2,1-4H3/b20-16-/t15-/m1/s1. The number of benzene rings is 2. The number of rotatable bonds is 6. The highest BCUT2D eigenvalue weighted by molar-refractivity contribution is 7.91. The number of nitrogens with one attached hydrogen (secondary N) is 1. The van der Waals surface area contributed by atoms with Gasteiger partial charge in [-0.2, -0.15) is 5.10 Å². The van der Waals surface area contributed by atoms with Gasteiger partial charge in [0.15, 0.2) is 0 Å². The van der Waals surface area contributed by atoms with Crippen LogP contribution in [0.15, 0.2) is 63.4 Å². The SMILES string of the molecule is CC[C@@H](C)/C(C)=N\Nc1ccc(S(=O)(=O)c2ccc(C)cc2)cc1. The molecule has 0 fully saturated rings. The molecule has 2 aromatic carbocycles. The van der Waals surface area contributed by atoms with Gasteiger partial charge in [-0.3, -0.25) is 5.43 Å². The molecular weight excluding hydrogens is 320 g/mol. The van der Waals surface area contributed by atoms with Crippen LogP contribution in [-0.4, -0.2) is 14.1 Å². The molecule has 1 atom stereocenters. The normalized spacial score (nSPS) is 13.6. The monoisotopic (exact) mass is 344 g/mol. The van der Waals surface area contributed by atoms with Gasteiger partial charge < -0.3 is 0 Å². The molecule has 0 aromatic heterocycles. The number of hydrogen-bond donors (Lipinski definition) is 1. The number of sulfone groups is 1. The van der Waals surface area contributed by atoms with Crippen LogP contribution in [0.4, 0.5) is 5.69 Å². The highest BCUT2D eigenvalue weighted by Gasteiger charge is 2.17. The molecule has 5 heteroatoms. The van der Waals surface area contributed by atoms with Crippen LogP contribution in [0.3, 0.4) is 0 Å². The summed E-state index contributed by atoms with van der Waals surface area (Å²) in [4.78, 5) is 0.582. The van der Waals surface area contributed by atoms with Crippen molar-refractivity contribution in [2.45, 2.75) is 43.9 Å². The molecule has 0 aliphatic heterocycles. The first-order valence-electron chi connectivity index (χ1n) is 8.06. The van der Waals surface area contributed by atoms with E-state index in [1.165, 1.54) is 0 Å². The highest BCUT2D eigenvalue weighted by Crippen LogP contribution is 2.22. The van der Waals surface area contributed by atoms with Gasteiger partial charge in [0.05, 0.1) is 15.5 Å². The van der Waals surface area contributed by atoms with Crippen LogP contribution in [-0.2, 0) is 9.84 Å². The molecule has 24 heavy (non-hydrogen) atoms. The molecule has 0 bridgehead atoms. The Hall–Kier alpha value is -2.14. The lowest BCUT2D eigenvalue weighted by Gasteiger charge is -2.09. The fourth-order valence-electron chi connectivity index (χ4n) is 2.12. The zero-order valence-corrected chi connectivity index (χ0v) is 15.4. The van der Waals surface area contributed by atoms with Crippen molar-refractivity contribution in [3.8, 4) is 0 Å². The summed E-state index contributed by atoms with van der Waals surface area (Å²) in [6.45, 7) is 8.16. The lowest BCUT2D eigenvalue weighted by atomic mass is 10.1. The first kappa shape index (κ1) is 18.2. The van der Waals surface area contributed by atoms with Gasteiger partial charge in [0.1, 0.15) is 0 Å². The summed E-state index contributed by atoms with van der Waals surface area (Å²) in [6.07, 6.45) is 1.03. The van der Waals surface area contributed by atoms with Gasteiger partial charge in [-0.1, -0.05) is 31.5 Å². The second-order valence-corrected chi connectivity index (χ2v) is 7.96. The second-order valence-electron chi connectivity index (χ2n) is 6.02. The van der Waals surface area contributed by atoms with Crippen LogP contribution in [0.25, 0.3) is 0 Å². The third-order valence-corrected chi connectivity index (χ3v) is 5.97. The maximum absolute atomic E-state index is 12.6. The van der Waals surface area contributed by atoms with Crippen LogP contribution in [0.1, 0.15) is 32.8 Å². The molecule has 2 rings (SSSR count). The van der Waals surface area contributed by atoms with Crippen molar-refractivity contribution >= 4 is 21.2 Å². The van der Waals surface area contributed by atoms with E-state index in [1.807, 2.05) is 13.8 Å². The minimum Gasteiger partial charge on any atom is -0.279 e. The van der Waals surface area contributed by atoms with E-state index < -0.39 is 9.84 Å². The number of anilines is 1. The summed E-state index contributed by atoms with van der Waals surface area (Å²) in [6, 6.07) is 13.5. The fraction of sp³-hybridized carbons (Fsp3) is 0.316. The molecular formula is C19H24N2O2S. The van der Waals surface area contributed by atoms with Gasteiger partial charge >= 0.3 is 0 Å². The van der Waals surface area contributed by atoms with Crippen LogP contribution < -0.4 is 5.43 Å². The average Bonchev–Trinajstić information content (AvgIpc) is 2.59. The molecule has 0 heterocycles. The maximum Gasteiger partial charge on any atom is 0.206 e. The summed E-state index contributed by atoms with van der Waals surface area (Å²) in [5.41, 5.74) is 5.80. The summed E-state index contributed by atoms with van der Waals surface area (Å²) >= 11 is 0. The fourth-order valence-corrected chi connectivity index (χ4v) is 3.38. The number of aryl methyl sites for hydroxylation is 1. The predicted molar refractivity (Wildman–Crippen MR) is 99.3 cm³/mol. The van der Waals surface area contributed by atoms with Crippen LogP contribution in [0, 0.1) is 12.8 Å². The third kappa shape index (κ3) is 4.23. The van der Waals surface area contributed by atoms with Gasteiger partial charge in [0.2, 0.25) is 9.84 Å². The number of hydrazone groups is 1. The minimum atomic E-state index is -3.48. The van der Waals surface area contributed by atoms with Crippen molar-refractivity contribution in [1.29, 1.82) is 0 Å². The van der Waals surface area contributed by atoms with Gasteiger partial charge in [-0.05, 0) is 62.6 Å². The Morgan fingerprint density at radius 3 is 2.04 bits per heavy atom. The molecule has 1 N–H and O–H groups in total. The number of hydrogen-bond acceptors (Lipinski definition) is 4. The van der Waals surface area contributed by atoms with Gasteiger partial charge in [-0.15, -0.1) is 0 Å². The lowest BCUT2D eigenvalue weighted by Crippen LogP contribution is -2.08. The zero-order valence-electron chi connectivity index (χ0n) is 14.6. The van der Waals surface area contributed by atoms with E-state index in [9.17, 15) is 8.42 Å². The van der Waals surface area contributed by atoms with Crippen molar-refractivity contribution in [3.05, 3.63) is 54.1 Å². The van der Waals surface area contributed by atoms with E-state index >= 15 is 0 Å². The predicted octanol–water partition coefficient (Wildman–Crippen LogP) is 4.66. The summed E-state index contributed by atoms with van der Waals surface area (Å²) < 4.78 is 25.2. The molecule has 0 amide bonds. The van der Waals surface area contributed by atoms with E-state index in [1.54, 1.807) is 48.5 Å². The Kier molecular flexibility index (Phi) is 5.78. The minimum absolute atomic E-state index is 0.277. The zero-order chi connectivity index (χ0) is 17.7. The third-order valence-electron chi connectivity index (χ3n) is 4.18. The Morgan fingerprint density at radius 2 is 1.54 bits per heavy atom. The van der Waals surface area contributed by atoms with Gasteiger partial charge in [0, 0.05) is 5.71 Å². The van der Waals surface area contributed by atoms with Crippen LogP contribution >= 0.6 is 0 Å².